The van der Waals surface area contributed by atoms with Crippen molar-refractivity contribution in [3.05, 3.63) is 32.7 Å². The van der Waals surface area contributed by atoms with Gasteiger partial charge >= 0.3 is 5.97 Å². The van der Waals surface area contributed by atoms with Crippen LogP contribution in [0.25, 0.3) is 0 Å². The monoisotopic (exact) mass is 285 g/mol. The molecule has 0 saturated heterocycles. The molecule has 0 aromatic carbocycles. The zero-order chi connectivity index (χ0) is 13.1. The maximum atomic E-state index is 11.5. The lowest BCUT2D eigenvalue weighted by Gasteiger charge is -2.03. The number of carbonyl (C=O) groups excluding carboxylic acids is 1. The van der Waals surface area contributed by atoms with Gasteiger partial charge < -0.3 is 4.74 Å². The molecule has 2 aromatic rings. The topological polar surface area (TPSA) is 57.0 Å². The summed E-state index contributed by atoms with van der Waals surface area (Å²) in [7, 11) is 1.33. The van der Waals surface area contributed by atoms with Crippen LogP contribution in [0.15, 0.2) is 12.1 Å². The summed E-state index contributed by atoms with van der Waals surface area (Å²) >= 11 is 7.36. The largest absolute Gasteiger partial charge is 0.464 e. The Morgan fingerprint density at radius 3 is 2.89 bits per heavy atom. The fourth-order valence-electron chi connectivity index (χ4n) is 1.65. The van der Waals surface area contributed by atoms with Gasteiger partial charge in [-0.3, -0.25) is 0 Å². The quantitative estimate of drug-likeness (QED) is 0.810. The van der Waals surface area contributed by atoms with Crippen molar-refractivity contribution in [3.63, 3.8) is 0 Å². The molecule has 7 heteroatoms. The van der Waals surface area contributed by atoms with Crippen LogP contribution in [-0.2, 0) is 17.7 Å². The molecule has 96 valence electrons. The van der Waals surface area contributed by atoms with Crippen LogP contribution in [0, 0.1) is 0 Å². The molecule has 0 bridgehead atoms. The Labute approximate surface area is 113 Å². The van der Waals surface area contributed by atoms with Crippen LogP contribution in [0.1, 0.15) is 28.0 Å². The van der Waals surface area contributed by atoms with Gasteiger partial charge in [0.1, 0.15) is 0 Å². The summed E-state index contributed by atoms with van der Waals surface area (Å²) in [5.41, 5.74) is 1.05. The van der Waals surface area contributed by atoms with E-state index in [2.05, 4.69) is 15.0 Å². The van der Waals surface area contributed by atoms with Gasteiger partial charge in [-0.05, 0) is 18.6 Å². The van der Waals surface area contributed by atoms with Gasteiger partial charge in [0.25, 0.3) is 0 Å². The highest BCUT2D eigenvalue weighted by Gasteiger charge is 2.19. The predicted octanol–water partition coefficient (Wildman–Crippen LogP) is 2.39. The molecular weight excluding hydrogens is 274 g/mol. The molecule has 2 rings (SSSR count). The Morgan fingerprint density at radius 1 is 1.56 bits per heavy atom. The van der Waals surface area contributed by atoms with Crippen LogP contribution < -0.4 is 0 Å². The molecule has 2 aromatic heterocycles. The molecule has 0 atom stereocenters. The lowest BCUT2D eigenvalue weighted by molar-refractivity contribution is 0.0592. The van der Waals surface area contributed by atoms with Gasteiger partial charge in [0.15, 0.2) is 5.69 Å². The lowest BCUT2D eigenvalue weighted by Crippen LogP contribution is -2.09. The van der Waals surface area contributed by atoms with Crippen LogP contribution >= 0.6 is 22.9 Å². The van der Waals surface area contributed by atoms with E-state index in [0.29, 0.717) is 13.0 Å². The van der Waals surface area contributed by atoms with Gasteiger partial charge in [-0.2, -0.15) is 0 Å². The van der Waals surface area contributed by atoms with E-state index in [1.807, 2.05) is 19.1 Å². The van der Waals surface area contributed by atoms with Crippen molar-refractivity contribution >= 4 is 28.9 Å². The second-order valence-corrected chi connectivity index (χ2v) is 5.39. The minimum absolute atomic E-state index is 0.280. The molecule has 0 unspecified atom stereocenters. The number of esters is 1. The SMILES string of the molecule is CCc1c(C(=O)OC)nnn1Cc1ccc(Cl)s1. The first-order valence-electron chi connectivity index (χ1n) is 5.40. The molecule has 5 nitrogen and oxygen atoms in total. The van der Waals surface area contributed by atoms with Crippen molar-refractivity contribution in [2.45, 2.75) is 19.9 Å². The molecule has 0 saturated carbocycles. The van der Waals surface area contributed by atoms with E-state index >= 15 is 0 Å². The minimum atomic E-state index is -0.456. The van der Waals surface area contributed by atoms with E-state index in [0.717, 1.165) is 14.9 Å². The Hall–Kier alpha value is -1.40. The third-order valence-electron chi connectivity index (χ3n) is 2.49. The summed E-state index contributed by atoms with van der Waals surface area (Å²) in [6.45, 7) is 2.51. The standard InChI is InChI=1S/C11H12ClN3O2S/c1-3-8-10(11(16)17-2)13-14-15(8)6-7-4-5-9(12)18-7/h4-5H,3,6H2,1-2H3. The first-order valence-corrected chi connectivity index (χ1v) is 6.60. The van der Waals surface area contributed by atoms with E-state index in [4.69, 9.17) is 11.6 Å². The normalized spacial score (nSPS) is 10.6. The van der Waals surface area contributed by atoms with E-state index < -0.39 is 5.97 Å². The van der Waals surface area contributed by atoms with E-state index in [1.54, 1.807) is 4.68 Å². The zero-order valence-electron chi connectivity index (χ0n) is 10.0. The molecule has 0 amide bonds. The highest BCUT2D eigenvalue weighted by atomic mass is 35.5. The number of methoxy groups -OCH3 is 1. The van der Waals surface area contributed by atoms with E-state index in [-0.39, 0.29) is 5.69 Å². The van der Waals surface area contributed by atoms with Crippen molar-refractivity contribution in [3.8, 4) is 0 Å². The summed E-state index contributed by atoms with van der Waals surface area (Å²) in [5.74, 6) is -0.456. The molecule has 0 spiro atoms. The fraction of sp³-hybridized carbons (Fsp3) is 0.364. The van der Waals surface area contributed by atoms with Gasteiger partial charge in [0.05, 0.1) is 23.7 Å². The maximum Gasteiger partial charge on any atom is 0.360 e. The molecule has 18 heavy (non-hydrogen) atoms. The molecule has 0 aliphatic rings. The summed E-state index contributed by atoms with van der Waals surface area (Å²) < 4.78 is 7.11. The number of halogens is 1. The molecular formula is C11H12ClN3O2S. The summed E-state index contributed by atoms with van der Waals surface area (Å²) in [6.07, 6.45) is 0.663. The molecule has 0 aliphatic carbocycles. The summed E-state index contributed by atoms with van der Waals surface area (Å²) in [6, 6.07) is 3.78. The number of rotatable bonds is 4. The van der Waals surface area contributed by atoms with Crippen molar-refractivity contribution in [2.75, 3.05) is 7.11 Å². The van der Waals surface area contributed by atoms with Crippen LogP contribution in [-0.4, -0.2) is 28.1 Å². The van der Waals surface area contributed by atoms with Crippen molar-refractivity contribution < 1.29 is 9.53 Å². The fourth-order valence-corrected chi connectivity index (χ4v) is 2.72. The van der Waals surface area contributed by atoms with Crippen LogP contribution in [0.4, 0.5) is 0 Å². The van der Waals surface area contributed by atoms with E-state index in [1.165, 1.54) is 18.4 Å². The van der Waals surface area contributed by atoms with Crippen LogP contribution in [0.3, 0.4) is 0 Å². The Morgan fingerprint density at radius 2 is 2.33 bits per heavy atom. The number of carbonyl (C=O) groups is 1. The van der Waals surface area contributed by atoms with Crippen molar-refractivity contribution in [2.24, 2.45) is 0 Å². The van der Waals surface area contributed by atoms with Gasteiger partial charge in [-0.1, -0.05) is 23.7 Å². The number of nitrogens with zero attached hydrogens (tertiary/aromatic N) is 3. The van der Waals surface area contributed by atoms with Crippen molar-refractivity contribution in [1.29, 1.82) is 0 Å². The molecule has 2 heterocycles. The number of hydrogen-bond donors (Lipinski definition) is 0. The van der Waals surface area contributed by atoms with Crippen molar-refractivity contribution in [1.82, 2.24) is 15.0 Å². The highest BCUT2D eigenvalue weighted by molar-refractivity contribution is 7.16. The predicted molar refractivity (Wildman–Crippen MR) is 69.2 cm³/mol. The third kappa shape index (κ3) is 2.54. The Kier molecular flexibility index (Phi) is 3.98. The molecule has 0 N–H and O–H groups in total. The zero-order valence-corrected chi connectivity index (χ0v) is 11.6. The van der Waals surface area contributed by atoms with Gasteiger partial charge in [-0.25, -0.2) is 9.48 Å². The van der Waals surface area contributed by atoms with Gasteiger partial charge in [-0.15, -0.1) is 16.4 Å². The number of aromatic nitrogens is 3. The Balaban J connectivity index is 2.28. The first-order chi connectivity index (χ1) is 8.65. The minimum Gasteiger partial charge on any atom is -0.464 e. The molecule has 0 fully saturated rings. The van der Waals surface area contributed by atoms with Crippen LogP contribution in [0.5, 0.6) is 0 Å². The lowest BCUT2D eigenvalue weighted by atomic mass is 10.2. The second kappa shape index (κ2) is 5.49. The smallest absolute Gasteiger partial charge is 0.360 e. The first kappa shape index (κ1) is 13.0. The molecule has 0 aliphatic heterocycles. The third-order valence-corrected chi connectivity index (χ3v) is 3.70. The molecule has 0 radical (unpaired) electrons. The Bertz CT molecular complexity index is 564. The summed E-state index contributed by atoms with van der Waals surface area (Å²) in [5, 5.41) is 7.86. The van der Waals surface area contributed by atoms with E-state index in [9.17, 15) is 4.79 Å². The van der Waals surface area contributed by atoms with Gasteiger partial charge in [0, 0.05) is 4.88 Å². The number of hydrogen-bond acceptors (Lipinski definition) is 5. The van der Waals surface area contributed by atoms with Gasteiger partial charge in [0.2, 0.25) is 0 Å². The average molecular weight is 286 g/mol. The second-order valence-electron chi connectivity index (χ2n) is 3.59. The maximum absolute atomic E-state index is 11.5. The van der Waals surface area contributed by atoms with Crippen LogP contribution in [0.2, 0.25) is 4.34 Å². The number of thiophene rings is 1. The number of ether oxygens (including phenoxy) is 1. The highest BCUT2D eigenvalue weighted by Crippen LogP contribution is 2.22. The average Bonchev–Trinajstić information content (AvgIpc) is 2.95. The summed E-state index contributed by atoms with van der Waals surface area (Å²) in [4.78, 5) is 12.6.